The third-order valence-electron chi connectivity index (χ3n) is 4.23. The molecule has 3 aromatic rings. The van der Waals surface area contributed by atoms with Crippen LogP contribution in [0, 0.1) is 6.92 Å². The number of halogens is 4. The number of ether oxygens (including phenoxy) is 1. The van der Waals surface area contributed by atoms with E-state index in [1.54, 1.807) is 12.1 Å². The van der Waals surface area contributed by atoms with Gasteiger partial charge in [-0.25, -0.2) is 0 Å². The molecule has 0 heterocycles. The summed E-state index contributed by atoms with van der Waals surface area (Å²) in [5.74, 6) is 0.321. The van der Waals surface area contributed by atoms with Crippen LogP contribution < -0.4 is 15.4 Å². The van der Waals surface area contributed by atoms with E-state index in [9.17, 15) is 4.79 Å². The molecule has 0 aliphatic rings. The van der Waals surface area contributed by atoms with Crippen LogP contribution in [0.15, 0.2) is 63.5 Å². The first kappa shape index (κ1) is 22.9. The Hall–Kier alpha value is -1.73. The Balaban J connectivity index is 1.53. The maximum absolute atomic E-state index is 12.2. The van der Waals surface area contributed by atoms with E-state index in [-0.39, 0.29) is 12.5 Å². The monoisotopic (exact) mass is 570 g/mol. The minimum absolute atomic E-state index is 0.112. The second-order valence-corrected chi connectivity index (χ2v) is 9.07. The predicted octanol–water partition coefficient (Wildman–Crippen LogP) is 7.46. The van der Waals surface area contributed by atoms with Gasteiger partial charge in [-0.2, -0.15) is 0 Å². The number of benzene rings is 3. The molecule has 0 aliphatic heterocycles. The quantitative estimate of drug-likeness (QED) is 0.309. The molecule has 0 spiro atoms. The van der Waals surface area contributed by atoms with Crippen molar-refractivity contribution in [2.45, 2.75) is 13.5 Å². The number of anilines is 2. The van der Waals surface area contributed by atoms with Crippen molar-refractivity contribution in [3.63, 3.8) is 0 Å². The normalized spacial score (nSPS) is 10.6. The first-order valence-corrected chi connectivity index (χ1v) is 11.3. The Morgan fingerprint density at radius 1 is 0.933 bits per heavy atom. The molecule has 8 heteroatoms. The van der Waals surface area contributed by atoms with Gasteiger partial charge >= 0.3 is 0 Å². The van der Waals surface area contributed by atoms with E-state index in [0.717, 1.165) is 25.8 Å². The van der Waals surface area contributed by atoms with E-state index in [1.807, 2.05) is 49.4 Å². The number of aryl methyl sites for hydroxylation is 1. The van der Waals surface area contributed by atoms with Gasteiger partial charge in [0, 0.05) is 27.4 Å². The third kappa shape index (κ3) is 6.38. The van der Waals surface area contributed by atoms with Gasteiger partial charge in [0.15, 0.2) is 6.61 Å². The molecule has 0 radical (unpaired) electrons. The molecule has 1 amide bonds. The highest BCUT2D eigenvalue weighted by molar-refractivity contribution is 9.10. The van der Waals surface area contributed by atoms with Gasteiger partial charge in [0.1, 0.15) is 5.75 Å². The van der Waals surface area contributed by atoms with Crippen LogP contribution in [0.4, 0.5) is 11.4 Å². The number of hydrogen-bond acceptors (Lipinski definition) is 3. The molecular formula is C22H18Br2Cl2N2O2. The summed E-state index contributed by atoms with van der Waals surface area (Å²) in [7, 11) is 0. The molecule has 0 unspecified atom stereocenters. The fourth-order valence-corrected chi connectivity index (χ4v) is 3.74. The van der Waals surface area contributed by atoms with Gasteiger partial charge in [-0.05, 0) is 92.4 Å². The van der Waals surface area contributed by atoms with Gasteiger partial charge in [0.25, 0.3) is 5.91 Å². The van der Waals surface area contributed by atoms with Crippen molar-refractivity contribution < 1.29 is 9.53 Å². The number of hydrogen-bond donors (Lipinski definition) is 2. The summed E-state index contributed by atoms with van der Waals surface area (Å²) in [6, 6.07) is 16.8. The first-order valence-electron chi connectivity index (χ1n) is 8.98. The van der Waals surface area contributed by atoms with E-state index in [1.165, 1.54) is 0 Å². The number of amides is 1. The van der Waals surface area contributed by atoms with E-state index < -0.39 is 0 Å². The Morgan fingerprint density at radius 2 is 1.67 bits per heavy atom. The lowest BCUT2D eigenvalue weighted by molar-refractivity contribution is -0.118. The molecule has 30 heavy (non-hydrogen) atoms. The molecule has 4 nitrogen and oxygen atoms in total. The topological polar surface area (TPSA) is 50.4 Å². The van der Waals surface area contributed by atoms with Crippen LogP contribution in [0.5, 0.6) is 5.75 Å². The second-order valence-electron chi connectivity index (χ2n) is 6.55. The fraction of sp³-hybridized carbons (Fsp3) is 0.136. The Morgan fingerprint density at radius 3 is 2.37 bits per heavy atom. The van der Waals surface area contributed by atoms with Gasteiger partial charge < -0.3 is 15.4 Å². The summed E-state index contributed by atoms with van der Waals surface area (Å²) in [6.07, 6.45) is 0. The number of rotatable bonds is 7. The lowest BCUT2D eigenvalue weighted by Gasteiger charge is -2.12. The maximum Gasteiger partial charge on any atom is 0.262 e. The van der Waals surface area contributed by atoms with Crippen molar-refractivity contribution in [3.8, 4) is 5.75 Å². The fourth-order valence-electron chi connectivity index (χ4n) is 2.59. The zero-order valence-electron chi connectivity index (χ0n) is 15.9. The zero-order valence-corrected chi connectivity index (χ0v) is 20.6. The molecule has 0 fully saturated rings. The van der Waals surface area contributed by atoms with Gasteiger partial charge in [0.05, 0.1) is 9.50 Å². The third-order valence-corrected chi connectivity index (χ3v) is 6.49. The minimum atomic E-state index is -0.264. The van der Waals surface area contributed by atoms with Crippen molar-refractivity contribution in [3.05, 3.63) is 84.7 Å². The average Bonchev–Trinajstić information content (AvgIpc) is 2.71. The van der Waals surface area contributed by atoms with E-state index in [4.69, 9.17) is 27.9 Å². The molecule has 156 valence electrons. The molecular weight excluding hydrogens is 555 g/mol. The van der Waals surface area contributed by atoms with Crippen LogP contribution in [0.25, 0.3) is 0 Å². The van der Waals surface area contributed by atoms with Gasteiger partial charge in [-0.1, -0.05) is 35.3 Å². The summed E-state index contributed by atoms with van der Waals surface area (Å²) in [4.78, 5) is 12.2. The highest BCUT2D eigenvalue weighted by Crippen LogP contribution is 2.28. The van der Waals surface area contributed by atoms with Crippen LogP contribution in [0.2, 0.25) is 10.0 Å². The van der Waals surface area contributed by atoms with Crippen LogP contribution in [-0.2, 0) is 11.3 Å². The van der Waals surface area contributed by atoms with Crippen molar-refractivity contribution in [2.24, 2.45) is 0 Å². The molecule has 0 aliphatic carbocycles. The summed E-state index contributed by atoms with van der Waals surface area (Å²) >= 11 is 19.1. The van der Waals surface area contributed by atoms with Gasteiger partial charge in [-0.3, -0.25) is 4.79 Å². The molecule has 3 rings (SSSR count). The second kappa shape index (κ2) is 10.5. The lowest BCUT2D eigenvalue weighted by Crippen LogP contribution is -2.20. The Labute approximate surface area is 202 Å². The number of carbonyl (C=O) groups is 1. The SMILES string of the molecule is Cc1ccc(NC(=O)COc2ccc(CNc3ccc(Br)c(Cl)c3)cc2Br)cc1Cl. The van der Waals surface area contributed by atoms with E-state index in [2.05, 4.69) is 42.5 Å². The standard InChI is InChI=1S/C22H18Br2Cl2N2O2/c1-13-2-4-16(10-19(13)25)28-22(29)12-30-21-7-3-14(8-18(21)24)11-27-15-5-6-17(23)20(26)9-15/h2-10,27H,11-12H2,1H3,(H,28,29). The smallest absolute Gasteiger partial charge is 0.262 e. The number of carbonyl (C=O) groups excluding carboxylic acids is 1. The van der Waals surface area contributed by atoms with Gasteiger partial charge in [0.2, 0.25) is 0 Å². The van der Waals surface area contributed by atoms with Crippen molar-refractivity contribution in [1.82, 2.24) is 0 Å². The van der Waals surface area contributed by atoms with E-state index in [0.29, 0.717) is 28.0 Å². The lowest BCUT2D eigenvalue weighted by atomic mass is 10.2. The van der Waals surface area contributed by atoms with Crippen LogP contribution in [0.1, 0.15) is 11.1 Å². The average molecular weight is 573 g/mol. The van der Waals surface area contributed by atoms with Crippen LogP contribution in [0.3, 0.4) is 0 Å². The van der Waals surface area contributed by atoms with Crippen molar-refractivity contribution >= 4 is 72.3 Å². The van der Waals surface area contributed by atoms with Crippen molar-refractivity contribution in [1.29, 1.82) is 0 Å². The highest BCUT2D eigenvalue weighted by atomic mass is 79.9. The molecule has 2 N–H and O–H groups in total. The van der Waals surface area contributed by atoms with Gasteiger partial charge in [-0.15, -0.1) is 0 Å². The highest BCUT2D eigenvalue weighted by Gasteiger charge is 2.08. The maximum atomic E-state index is 12.2. The van der Waals surface area contributed by atoms with Crippen LogP contribution in [-0.4, -0.2) is 12.5 Å². The summed E-state index contributed by atoms with van der Waals surface area (Å²) < 4.78 is 7.26. The predicted molar refractivity (Wildman–Crippen MR) is 131 cm³/mol. The molecule has 3 aromatic carbocycles. The minimum Gasteiger partial charge on any atom is -0.483 e. The summed E-state index contributed by atoms with van der Waals surface area (Å²) in [5.41, 5.74) is 3.56. The first-order chi connectivity index (χ1) is 14.3. The molecule has 0 saturated heterocycles. The zero-order chi connectivity index (χ0) is 21.7. The van der Waals surface area contributed by atoms with E-state index >= 15 is 0 Å². The molecule has 0 bridgehead atoms. The molecule has 0 atom stereocenters. The molecule has 0 saturated carbocycles. The van der Waals surface area contributed by atoms with Crippen LogP contribution >= 0.6 is 55.1 Å². The molecule has 0 aromatic heterocycles. The van der Waals surface area contributed by atoms with Crippen molar-refractivity contribution in [2.75, 3.05) is 17.2 Å². The Bertz CT molecular complexity index is 1080. The largest absolute Gasteiger partial charge is 0.483 e. The number of nitrogens with one attached hydrogen (secondary N) is 2. The summed E-state index contributed by atoms with van der Waals surface area (Å²) in [5, 5.41) is 7.34. The summed E-state index contributed by atoms with van der Waals surface area (Å²) in [6.45, 7) is 2.41. The Kier molecular flexibility index (Phi) is 8.06.